The molecule has 2 aromatic rings. The fraction of sp³-hybridized carbons (Fsp3) is 0.522. The van der Waals surface area contributed by atoms with Gasteiger partial charge in [0, 0.05) is 38.3 Å². The molecule has 1 N–H and O–H groups in total. The van der Waals surface area contributed by atoms with Crippen molar-refractivity contribution in [1.82, 2.24) is 15.5 Å². The number of hydrogen-bond donors (Lipinski definition) is 1. The van der Waals surface area contributed by atoms with E-state index in [2.05, 4.69) is 32.5 Å². The van der Waals surface area contributed by atoms with Crippen LogP contribution in [0.4, 0.5) is 5.82 Å². The molecule has 0 unspecified atom stereocenters. The number of nitrogens with zero attached hydrogens (tertiary/aromatic N) is 3. The Labute approximate surface area is 188 Å². The molecule has 8 heteroatoms. The molecule has 3 heterocycles. The zero-order chi connectivity index (χ0) is 21.7. The number of carbonyl (C=O) groups is 1. The largest absolute Gasteiger partial charge is 0.497 e. The standard InChI is InChI=1S/C23H29ClN4O3/c1-30-19-6-4-18(5-7-19)23(10-13-31-14-11-23)16-25-22(29)17-3-2-12-28(15-17)21-9-8-20(24)26-27-21/h4-9,17H,2-3,10-16H2,1H3,(H,25,29)/t17-/m0/s1. The van der Waals surface area contributed by atoms with Crippen molar-refractivity contribution >= 4 is 23.3 Å². The Bertz CT molecular complexity index is 869. The zero-order valence-corrected chi connectivity index (χ0v) is 18.6. The number of methoxy groups -OCH3 is 1. The maximum atomic E-state index is 13.1. The van der Waals surface area contributed by atoms with Crippen molar-refractivity contribution < 1.29 is 14.3 Å². The van der Waals surface area contributed by atoms with Crippen LogP contribution in [0.2, 0.25) is 5.15 Å². The number of carbonyl (C=O) groups excluding carboxylic acids is 1. The van der Waals surface area contributed by atoms with Crippen LogP contribution in [0.1, 0.15) is 31.2 Å². The van der Waals surface area contributed by atoms with Gasteiger partial charge >= 0.3 is 0 Å². The van der Waals surface area contributed by atoms with E-state index < -0.39 is 0 Å². The predicted octanol–water partition coefficient (Wildman–Crippen LogP) is 3.22. The summed E-state index contributed by atoms with van der Waals surface area (Å²) in [6, 6.07) is 11.8. The van der Waals surface area contributed by atoms with E-state index in [-0.39, 0.29) is 17.2 Å². The summed E-state index contributed by atoms with van der Waals surface area (Å²) in [6.45, 7) is 3.52. The molecular formula is C23H29ClN4O3. The molecule has 1 aromatic carbocycles. The van der Waals surface area contributed by atoms with Crippen molar-refractivity contribution in [3.05, 3.63) is 47.1 Å². The summed E-state index contributed by atoms with van der Waals surface area (Å²) in [5, 5.41) is 11.7. The lowest BCUT2D eigenvalue weighted by Crippen LogP contribution is -2.49. The third-order valence-corrected chi connectivity index (χ3v) is 6.69. The van der Waals surface area contributed by atoms with Crippen molar-refractivity contribution in [1.29, 1.82) is 0 Å². The van der Waals surface area contributed by atoms with E-state index in [9.17, 15) is 4.79 Å². The Morgan fingerprint density at radius 1 is 1.23 bits per heavy atom. The molecule has 31 heavy (non-hydrogen) atoms. The van der Waals surface area contributed by atoms with Crippen molar-refractivity contribution in [3.63, 3.8) is 0 Å². The van der Waals surface area contributed by atoms with Gasteiger partial charge in [0.1, 0.15) is 5.75 Å². The number of nitrogens with one attached hydrogen (secondary N) is 1. The number of rotatable bonds is 6. The molecule has 0 bridgehead atoms. The summed E-state index contributed by atoms with van der Waals surface area (Å²) in [7, 11) is 1.67. The topological polar surface area (TPSA) is 76.6 Å². The molecule has 7 nitrogen and oxygen atoms in total. The molecular weight excluding hydrogens is 416 g/mol. The number of benzene rings is 1. The Morgan fingerprint density at radius 2 is 2.00 bits per heavy atom. The molecule has 0 radical (unpaired) electrons. The molecule has 4 rings (SSSR count). The van der Waals surface area contributed by atoms with Gasteiger partial charge in [0.2, 0.25) is 5.91 Å². The van der Waals surface area contributed by atoms with Crippen LogP contribution in [0.3, 0.4) is 0 Å². The average Bonchev–Trinajstić information content (AvgIpc) is 2.84. The summed E-state index contributed by atoms with van der Waals surface area (Å²) in [5.41, 5.74) is 1.11. The summed E-state index contributed by atoms with van der Waals surface area (Å²) >= 11 is 5.85. The Balaban J connectivity index is 1.42. The van der Waals surface area contributed by atoms with E-state index >= 15 is 0 Å². The van der Waals surface area contributed by atoms with Gasteiger partial charge in [0.25, 0.3) is 0 Å². The third-order valence-electron chi connectivity index (χ3n) is 6.49. The van der Waals surface area contributed by atoms with E-state index in [1.54, 1.807) is 13.2 Å². The van der Waals surface area contributed by atoms with Crippen LogP contribution in [-0.2, 0) is 14.9 Å². The number of amides is 1. The summed E-state index contributed by atoms with van der Waals surface area (Å²) < 4.78 is 10.9. The van der Waals surface area contributed by atoms with Crippen LogP contribution in [0.15, 0.2) is 36.4 Å². The molecule has 2 saturated heterocycles. The van der Waals surface area contributed by atoms with Crippen LogP contribution < -0.4 is 15.0 Å². The molecule has 0 spiro atoms. The normalized spacial score (nSPS) is 20.8. The van der Waals surface area contributed by atoms with E-state index in [0.29, 0.717) is 31.5 Å². The number of halogens is 1. The van der Waals surface area contributed by atoms with Gasteiger partial charge in [-0.1, -0.05) is 23.7 Å². The number of piperidine rings is 1. The lowest BCUT2D eigenvalue weighted by Gasteiger charge is -2.39. The second-order valence-electron chi connectivity index (χ2n) is 8.34. The number of aromatic nitrogens is 2. The molecule has 2 aliphatic heterocycles. The molecule has 2 aliphatic rings. The van der Waals surface area contributed by atoms with Crippen molar-refractivity contribution in [2.75, 3.05) is 44.9 Å². The monoisotopic (exact) mass is 444 g/mol. The number of anilines is 1. The molecule has 0 saturated carbocycles. The SMILES string of the molecule is COc1ccc(C2(CNC(=O)[C@H]3CCCN(c4ccc(Cl)nn4)C3)CCOCC2)cc1. The predicted molar refractivity (Wildman–Crippen MR) is 120 cm³/mol. The lowest BCUT2D eigenvalue weighted by atomic mass is 9.74. The molecule has 0 aliphatic carbocycles. The fourth-order valence-electron chi connectivity index (χ4n) is 4.55. The van der Waals surface area contributed by atoms with Crippen LogP contribution in [0, 0.1) is 5.92 Å². The molecule has 166 valence electrons. The zero-order valence-electron chi connectivity index (χ0n) is 17.8. The highest BCUT2D eigenvalue weighted by Gasteiger charge is 2.36. The Morgan fingerprint density at radius 3 is 2.68 bits per heavy atom. The molecule has 2 fully saturated rings. The summed E-state index contributed by atoms with van der Waals surface area (Å²) in [4.78, 5) is 15.2. The van der Waals surface area contributed by atoms with E-state index in [1.807, 2.05) is 18.2 Å². The average molecular weight is 445 g/mol. The lowest BCUT2D eigenvalue weighted by molar-refractivity contribution is -0.125. The maximum absolute atomic E-state index is 13.1. The number of ether oxygens (including phenoxy) is 2. The summed E-state index contributed by atoms with van der Waals surface area (Å²) in [5.74, 6) is 1.63. The first-order valence-electron chi connectivity index (χ1n) is 10.8. The van der Waals surface area contributed by atoms with Crippen LogP contribution in [-0.4, -0.2) is 56.1 Å². The van der Waals surface area contributed by atoms with Crippen LogP contribution in [0.5, 0.6) is 5.75 Å². The van der Waals surface area contributed by atoms with Crippen LogP contribution >= 0.6 is 11.6 Å². The third kappa shape index (κ3) is 5.10. The quantitative estimate of drug-likeness (QED) is 0.737. The fourth-order valence-corrected chi connectivity index (χ4v) is 4.65. The minimum atomic E-state index is -0.115. The highest BCUT2D eigenvalue weighted by molar-refractivity contribution is 6.29. The van der Waals surface area contributed by atoms with Gasteiger partial charge in [-0.3, -0.25) is 4.79 Å². The molecule has 1 amide bonds. The van der Waals surface area contributed by atoms with Crippen molar-refractivity contribution in [3.8, 4) is 5.75 Å². The molecule has 1 atom stereocenters. The first-order chi connectivity index (χ1) is 15.1. The second kappa shape index (κ2) is 9.83. The van der Waals surface area contributed by atoms with Crippen molar-refractivity contribution in [2.24, 2.45) is 5.92 Å². The van der Waals surface area contributed by atoms with Gasteiger partial charge in [-0.05, 0) is 55.5 Å². The van der Waals surface area contributed by atoms with Crippen molar-refractivity contribution in [2.45, 2.75) is 31.1 Å². The van der Waals surface area contributed by atoms with E-state index in [4.69, 9.17) is 21.1 Å². The van der Waals surface area contributed by atoms with E-state index in [0.717, 1.165) is 43.8 Å². The highest BCUT2D eigenvalue weighted by atomic mass is 35.5. The minimum Gasteiger partial charge on any atom is -0.497 e. The Hall–Kier alpha value is -2.38. The number of hydrogen-bond acceptors (Lipinski definition) is 6. The van der Waals surface area contributed by atoms with Gasteiger partial charge in [0.15, 0.2) is 11.0 Å². The van der Waals surface area contributed by atoms with Gasteiger partial charge in [-0.25, -0.2) is 0 Å². The van der Waals surface area contributed by atoms with Gasteiger partial charge in [0.05, 0.1) is 13.0 Å². The van der Waals surface area contributed by atoms with Gasteiger partial charge in [-0.15, -0.1) is 10.2 Å². The second-order valence-corrected chi connectivity index (χ2v) is 8.73. The summed E-state index contributed by atoms with van der Waals surface area (Å²) in [6.07, 6.45) is 3.59. The Kier molecular flexibility index (Phi) is 6.92. The smallest absolute Gasteiger partial charge is 0.224 e. The minimum absolute atomic E-state index is 0.0704. The first kappa shape index (κ1) is 21.8. The highest BCUT2D eigenvalue weighted by Crippen LogP contribution is 2.35. The molecule has 1 aromatic heterocycles. The van der Waals surface area contributed by atoms with Crippen LogP contribution in [0.25, 0.3) is 0 Å². The van der Waals surface area contributed by atoms with Gasteiger partial charge in [-0.2, -0.15) is 0 Å². The first-order valence-corrected chi connectivity index (χ1v) is 11.2. The van der Waals surface area contributed by atoms with E-state index in [1.165, 1.54) is 5.56 Å². The van der Waals surface area contributed by atoms with Gasteiger partial charge < -0.3 is 19.7 Å². The maximum Gasteiger partial charge on any atom is 0.224 e.